The Morgan fingerprint density at radius 2 is 1.78 bits per heavy atom. The minimum absolute atomic E-state index is 0.0124. The second-order valence-electron chi connectivity index (χ2n) is 7.92. The number of benzene rings is 1. The molecule has 0 radical (unpaired) electrons. The third kappa shape index (κ3) is 5.24. The first-order valence-corrected chi connectivity index (χ1v) is 10.5. The summed E-state index contributed by atoms with van der Waals surface area (Å²) in [5, 5.41) is 6.46. The molecule has 27 heavy (non-hydrogen) atoms. The fourth-order valence-corrected chi connectivity index (χ4v) is 4.35. The third-order valence-corrected chi connectivity index (χ3v) is 5.97. The highest BCUT2D eigenvalue weighted by molar-refractivity contribution is 5.94. The molecule has 2 aliphatic rings. The molecule has 1 heterocycles. The largest absolute Gasteiger partial charge is 0.352 e. The number of hydrogen-bond acceptors (Lipinski definition) is 2. The molecule has 2 unspecified atom stereocenters. The van der Waals surface area contributed by atoms with E-state index in [2.05, 4.69) is 27.4 Å². The van der Waals surface area contributed by atoms with Gasteiger partial charge in [-0.15, -0.1) is 0 Å². The summed E-state index contributed by atoms with van der Waals surface area (Å²) in [6, 6.07) is 7.87. The van der Waals surface area contributed by atoms with Crippen LogP contribution in [-0.2, 0) is 6.54 Å². The molecule has 1 aromatic carbocycles. The van der Waals surface area contributed by atoms with Crippen molar-refractivity contribution in [2.24, 2.45) is 16.8 Å². The summed E-state index contributed by atoms with van der Waals surface area (Å²) in [4.78, 5) is 19.0. The van der Waals surface area contributed by atoms with Crippen molar-refractivity contribution in [2.45, 2.75) is 52.0 Å². The molecule has 3 rings (SSSR count). The van der Waals surface area contributed by atoms with Crippen LogP contribution >= 0.6 is 0 Å². The topological polar surface area (TPSA) is 56.7 Å². The van der Waals surface area contributed by atoms with Gasteiger partial charge in [0.25, 0.3) is 5.91 Å². The summed E-state index contributed by atoms with van der Waals surface area (Å²) < 4.78 is 0. The van der Waals surface area contributed by atoms with Gasteiger partial charge in [-0.25, -0.2) is 0 Å². The average Bonchev–Trinajstić information content (AvgIpc) is 3.13. The first kappa shape index (κ1) is 19.7. The zero-order chi connectivity index (χ0) is 19.1. The summed E-state index contributed by atoms with van der Waals surface area (Å²) in [5.41, 5.74) is 1.89. The molecular formula is C22H34N4O. The number of carbonyl (C=O) groups excluding carboxylic acids is 1. The van der Waals surface area contributed by atoms with E-state index in [0.717, 1.165) is 67.9 Å². The zero-order valence-electron chi connectivity index (χ0n) is 16.8. The lowest BCUT2D eigenvalue weighted by Gasteiger charge is -2.22. The molecule has 0 bridgehead atoms. The van der Waals surface area contributed by atoms with Crippen molar-refractivity contribution in [1.82, 2.24) is 15.5 Å². The van der Waals surface area contributed by atoms with E-state index in [1.165, 1.54) is 25.7 Å². The Labute approximate surface area is 163 Å². The molecule has 5 nitrogen and oxygen atoms in total. The van der Waals surface area contributed by atoms with E-state index in [4.69, 9.17) is 0 Å². The van der Waals surface area contributed by atoms with Crippen LogP contribution in [-0.4, -0.2) is 43.4 Å². The smallest absolute Gasteiger partial charge is 0.251 e. The van der Waals surface area contributed by atoms with Crippen LogP contribution in [0.2, 0.25) is 0 Å². The number of guanidine groups is 1. The summed E-state index contributed by atoms with van der Waals surface area (Å²) in [6.45, 7) is 5.88. The van der Waals surface area contributed by atoms with Crippen LogP contribution in [0.3, 0.4) is 0 Å². The number of hydrogen-bond donors (Lipinski definition) is 2. The number of likely N-dealkylation sites (tertiary alicyclic amines) is 1. The van der Waals surface area contributed by atoms with Gasteiger partial charge >= 0.3 is 0 Å². The molecule has 2 fully saturated rings. The fraction of sp³-hybridized carbons (Fsp3) is 0.636. The van der Waals surface area contributed by atoms with E-state index in [1.54, 1.807) is 0 Å². The lowest BCUT2D eigenvalue weighted by molar-refractivity contribution is 0.0953. The number of fused-ring (bicyclic) bond motifs is 1. The number of carbonyl (C=O) groups is 1. The molecule has 0 aromatic heterocycles. The summed E-state index contributed by atoms with van der Waals surface area (Å²) in [6.07, 6.45) is 7.63. The van der Waals surface area contributed by atoms with Crippen molar-refractivity contribution in [1.29, 1.82) is 0 Å². The maximum Gasteiger partial charge on any atom is 0.251 e. The Balaban J connectivity index is 1.49. The molecule has 1 aliphatic carbocycles. The van der Waals surface area contributed by atoms with Gasteiger partial charge < -0.3 is 15.5 Å². The molecule has 1 saturated carbocycles. The van der Waals surface area contributed by atoms with Gasteiger partial charge in [0, 0.05) is 38.8 Å². The standard InChI is InChI=1S/C22H34N4O/c1-3-4-13-24-21(27)18-11-9-17(10-12-18)14-25-22(23-2)26-15-19-7-5-6-8-20(19)16-26/h9-12,19-20H,3-8,13-16H2,1-2H3,(H,23,25)(H,24,27). The van der Waals surface area contributed by atoms with Crippen molar-refractivity contribution in [3.63, 3.8) is 0 Å². The number of rotatable bonds is 6. The monoisotopic (exact) mass is 370 g/mol. The highest BCUT2D eigenvalue weighted by Gasteiger charge is 2.35. The summed E-state index contributed by atoms with van der Waals surface area (Å²) >= 11 is 0. The van der Waals surface area contributed by atoms with E-state index in [1.807, 2.05) is 31.3 Å². The molecule has 1 saturated heterocycles. The van der Waals surface area contributed by atoms with E-state index in [0.29, 0.717) is 0 Å². The third-order valence-electron chi connectivity index (χ3n) is 5.97. The highest BCUT2D eigenvalue weighted by Crippen LogP contribution is 2.35. The predicted molar refractivity (Wildman–Crippen MR) is 111 cm³/mol. The first-order valence-electron chi connectivity index (χ1n) is 10.5. The van der Waals surface area contributed by atoms with Gasteiger partial charge in [-0.2, -0.15) is 0 Å². The minimum Gasteiger partial charge on any atom is -0.352 e. The minimum atomic E-state index is 0.0124. The van der Waals surface area contributed by atoms with Gasteiger partial charge in [-0.1, -0.05) is 38.3 Å². The Morgan fingerprint density at radius 3 is 2.37 bits per heavy atom. The Hall–Kier alpha value is -2.04. The average molecular weight is 371 g/mol. The second kappa shape index (κ2) is 9.77. The number of nitrogens with one attached hydrogen (secondary N) is 2. The van der Waals surface area contributed by atoms with E-state index >= 15 is 0 Å². The molecule has 1 amide bonds. The van der Waals surface area contributed by atoms with Crippen LogP contribution in [0.15, 0.2) is 29.3 Å². The Kier molecular flexibility index (Phi) is 7.13. The number of nitrogens with zero attached hydrogens (tertiary/aromatic N) is 2. The summed E-state index contributed by atoms with van der Waals surface area (Å²) in [5.74, 6) is 2.72. The fourth-order valence-electron chi connectivity index (χ4n) is 4.35. The Bertz CT molecular complexity index is 626. The molecule has 1 aromatic rings. The number of aliphatic imine (C=N–C) groups is 1. The zero-order valence-corrected chi connectivity index (χ0v) is 16.8. The normalized spacial score (nSPS) is 22.4. The van der Waals surface area contributed by atoms with Gasteiger partial charge in [-0.3, -0.25) is 9.79 Å². The predicted octanol–water partition coefficient (Wildman–Crippen LogP) is 3.41. The maximum absolute atomic E-state index is 12.1. The lowest BCUT2D eigenvalue weighted by atomic mass is 9.82. The van der Waals surface area contributed by atoms with Gasteiger partial charge in [-0.05, 0) is 48.8 Å². The van der Waals surface area contributed by atoms with Crippen LogP contribution in [0.1, 0.15) is 61.4 Å². The first-order chi connectivity index (χ1) is 13.2. The van der Waals surface area contributed by atoms with Gasteiger partial charge in [0.2, 0.25) is 0 Å². The van der Waals surface area contributed by atoms with Crippen molar-refractivity contribution in [3.05, 3.63) is 35.4 Å². The van der Waals surface area contributed by atoms with E-state index < -0.39 is 0 Å². The maximum atomic E-state index is 12.1. The second-order valence-corrected chi connectivity index (χ2v) is 7.92. The van der Waals surface area contributed by atoms with Crippen molar-refractivity contribution in [3.8, 4) is 0 Å². The van der Waals surface area contributed by atoms with Gasteiger partial charge in [0.15, 0.2) is 5.96 Å². The number of amides is 1. The summed E-state index contributed by atoms with van der Waals surface area (Å²) in [7, 11) is 1.87. The van der Waals surface area contributed by atoms with E-state index in [9.17, 15) is 4.79 Å². The van der Waals surface area contributed by atoms with Gasteiger partial charge in [0.1, 0.15) is 0 Å². The molecular weight excluding hydrogens is 336 g/mol. The Morgan fingerprint density at radius 1 is 1.11 bits per heavy atom. The quantitative estimate of drug-likeness (QED) is 0.458. The SMILES string of the molecule is CCCCNC(=O)c1ccc(CNC(=NC)N2CC3CCCCC3C2)cc1. The van der Waals surface area contributed by atoms with Gasteiger partial charge in [0.05, 0.1) is 0 Å². The van der Waals surface area contributed by atoms with Crippen molar-refractivity contribution < 1.29 is 4.79 Å². The van der Waals surface area contributed by atoms with Crippen LogP contribution in [0.5, 0.6) is 0 Å². The molecule has 1 aliphatic heterocycles. The van der Waals surface area contributed by atoms with Crippen LogP contribution < -0.4 is 10.6 Å². The number of unbranched alkanes of at least 4 members (excludes halogenated alkanes) is 1. The molecule has 5 heteroatoms. The van der Waals surface area contributed by atoms with Crippen molar-refractivity contribution >= 4 is 11.9 Å². The van der Waals surface area contributed by atoms with Crippen LogP contribution in [0.4, 0.5) is 0 Å². The van der Waals surface area contributed by atoms with Crippen LogP contribution in [0.25, 0.3) is 0 Å². The molecule has 2 N–H and O–H groups in total. The molecule has 2 atom stereocenters. The van der Waals surface area contributed by atoms with Crippen LogP contribution in [0, 0.1) is 11.8 Å². The molecule has 148 valence electrons. The molecule has 0 spiro atoms. The van der Waals surface area contributed by atoms with Crippen molar-refractivity contribution in [2.75, 3.05) is 26.7 Å². The van der Waals surface area contributed by atoms with E-state index in [-0.39, 0.29) is 5.91 Å². The highest BCUT2D eigenvalue weighted by atomic mass is 16.1. The lowest BCUT2D eigenvalue weighted by Crippen LogP contribution is -2.39.